The molecular weight excluding hydrogens is 522 g/mol. The summed E-state index contributed by atoms with van der Waals surface area (Å²) in [5.41, 5.74) is 3.06. The van der Waals surface area contributed by atoms with Crippen molar-refractivity contribution >= 4 is 33.5 Å². The van der Waals surface area contributed by atoms with Gasteiger partial charge in [-0.25, -0.2) is 9.67 Å². The van der Waals surface area contributed by atoms with E-state index >= 15 is 0 Å². The Bertz CT molecular complexity index is 1880. The number of nitriles is 1. The number of rotatable bonds is 6. The SMILES string of the molecule is Cc1nc2ccc(N(C)C(=O)Cn3nc(-c4cccc(C#N)c4)c4ccc(OC5CCOCC5)cc4c3=O)cc2o1. The number of hydrogen-bond acceptors (Lipinski definition) is 8. The predicted molar refractivity (Wildman–Crippen MR) is 153 cm³/mol. The lowest BCUT2D eigenvalue weighted by molar-refractivity contribution is -0.119. The number of ether oxygens (including phenoxy) is 2. The molecule has 1 aliphatic heterocycles. The molecule has 3 aromatic carbocycles. The molecule has 0 bridgehead atoms. The number of likely N-dealkylation sites (N-methyl/N-ethyl adjacent to an activating group) is 1. The summed E-state index contributed by atoms with van der Waals surface area (Å²) in [6, 6.07) is 19.8. The van der Waals surface area contributed by atoms with Crippen molar-refractivity contribution in [2.24, 2.45) is 0 Å². The van der Waals surface area contributed by atoms with E-state index in [1.165, 1.54) is 9.58 Å². The molecule has 1 fully saturated rings. The van der Waals surface area contributed by atoms with Gasteiger partial charge in [-0.15, -0.1) is 0 Å². The fraction of sp³-hybridized carbons (Fsp3) is 0.258. The van der Waals surface area contributed by atoms with E-state index in [0.717, 1.165) is 12.8 Å². The molecule has 41 heavy (non-hydrogen) atoms. The highest BCUT2D eigenvalue weighted by molar-refractivity contribution is 5.96. The van der Waals surface area contributed by atoms with Gasteiger partial charge in [0.15, 0.2) is 11.5 Å². The summed E-state index contributed by atoms with van der Waals surface area (Å²) in [6.07, 6.45) is 1.54. The van der Waals surface area contributed by atoms with E-state index in [2.05, 4.69) is 16.2 Å². The number of anilines is 1. The lowest BCUT2D eigenvalue weighted by atomic mass is 10.0. The van der Waals surface area contributed by atoms with E-state index in [4.69, 9.17) is 13.9 Å². The van der Waals surface area contributed by atoms with Crippen molar-refractivity contribution in [1.29, 1.82) is 5.26 Å². The largest absolute Gasteiger partial charge is 0.490 e. The average Bonchev–Trinajstić information content (AvgIpc) is 3.38. The average molecular weight is 550 g/mol. The first-order valence-electron chi connectivity index (χ1n) is 13.3. The molecule has 0 atom stereocenters. The standard InChI is InChI=1S/C31H27N5O5/c1-19-33-27-9-6-22(15-28(27)40-19)35(2)29(37)18-36-31(38)26-16-24(41-23-10-12-39-13-11-23)7-8-25(26)30(34-36)21-5-3-4-20(14-21)17-32/h3-9,14-16,23H,10-13,18H2,1-2H3. The number of aromatic nitrogens is 3. The van der Waals surface area contributed by atoms with Gasteiger partial charge < -0.3 is 18.8 Å². The molecule has 2 aromatic heterocycles. The van der Waals surface area contributed by atoms with Crippen LogP contribution in [0, 0.1) is 18.3 Å². The molecule has 0 radical (unpaired) electrons. The monoisotopic (exact) mass is 549 g/mol. The Hall–Kier alpha value is -5.01. The number of hydrogen-bond donors (Lipinski definition) is 0. The molecule has 1 saturated heterocycles. The summed E-state index contributed by atoms with van der Waals surface area (Å²) in [4.78, 5) is 32.9. The smallest absolute Gasteiger partial charge is 0.275 e. The lowest BCUT2D eigenvalue weighted by Gasteiger charge is -2.23. The molecule has 3 heterocycles. The first-order chi connectivity index (χ1) is 19.9. The Morgan fingerprint density at radius 2 is 1.95 bits per heavy atom. The molecule has 0 saturated carbocycles. The maximum atomic E-state index is 13.7. The van der Waals surface area contributed by atoms with Crippen LogP contribution >= 0.6 is 0 Å². The third kappa shape index (κ3) is 5.27. The van der Waals surface area contributed by atoms with Gasteiger partial charge in [0, 0.05) is 49.5 Å². The van der Waals surface area contributed by atoms with E-state index in [1.807, 2.05) is 12.1 Å². The number of amides is 1. The zero-order chi connectivity index (χ0) is 28.5. The first kappa shape index (κ1) is 26.2. The molecule has 6 rings (SSSR count). The summed E-state index contributed by atoms with van der Waals surface area (Å²) in [6.45, 7) is 2.73. The molecule has 5 aromatic rings. The second-order valence-electron chi connectivity index (χ2n) is 9.98. The van der Waals surface area contributed by atoms with Crippen LogP contribution < -0.4 is 15.2 Å². The second kappa shape index (κ2) is 10.9. The highest BCUT2D eigenvalue weighted by Crippen LogP contribution is 2.29. The molecule has 10 nitrogen and oxygen atoms in total. The highest BCUT2D eigenvalue weighted by Gasteiger charge is 2.20. The van der Waals surface area contributed by atoms with E-state index in [9.17, 15) is 14.9 Å². The number of benzene rings is 3. The van der Waals surface area contributed by atoms with Crippen LogP contribution in [0.5, 0.6) is 5.75 Å². The zero-order valence-corrected chi connectivity index (χ0v) is 22.7. The number of oxazole rings is 1. The van der Waals surface area contributed by atoms with Gasteiger partial charge in [-0.2, -0.15) is 10.4 Å². The fourth-order valence-corrected chi connectivity index (χ4v) is 5.00. The highest BCUT2D eigenvalue weighted by atomic mass is 16.5. The van der Waals surface area contributed by atoms with Gasteiger partial charge in [-0.05, 0) is 42.5 Å². The van der Waals surface area contributed by atoms with Crippen molar-refractivity contribution in [3.05, 3.63) is 82.5 Å². The van der Waals surface area contributed by atoms with Crippen molar-refractivity contribution < 1.29 is 18.7 Å². The lowest BCUT2D eigenvalue weighted by Crippen LogP contribution is -2.35. The molecule has 10 heteroatoms. The summed E-state index contributed by atoms with van der Waals surface area (Å²) in [5, 5.41) is 15.1. The van der Waals surface area contributed by atoms with Crippen molar-refractivity contribution in [3.63, 3.8) is 0 Å². The summed E-state index contributed by atoms with van der Waals surface area (Å²) in [5.74, 6) is 0.752. The maximum Gasteiger partial charge on any atom is 0.275 e. The summed E-state index contributed by atoms with van der Waals surface area (Å²) < 4.78 is 18.4. The van der Waals surface area contributed by atoms with Gasteiger partial charge in [-0.1, -0.05) is 12.1 Å². The molecule has 0 unspecified atom stereocenters. The fourth-order valence-electron chi connectivity index (χ4n) is 5.00. The van der Waals surface area contributed by atoms with Crippen LogP contribution in [0.3, 0.4) is 0 Å². The maximum absolute atomic E-state index is 13.7. The van der Waals surface area contributed by atoms with Crippen molar-refractivity contribution in [2.75, 3.05) is 25.2 Å². The van der Waals surface area contributed by atoms with Gasteiger partial charge in [0.05, 0.1) is 35.9 Å². The van der Waals surface area contributed by atoms with Gasteiger partial charge in [0.1, 0.15) is 23.9 Å². The number of fused-ring (bicyclic) bond motifs is 2. The van der Waals surface area contributed by atoms with Gasteiger partial charge in [0.2, 0.25) is 5.91 Å². The Balaban J connectivity index is 1.39. The van der Waals surface area contributed by atoms with Gasteiger partial charge in [0.25, 0.3) is 5.56 Å². The number of carbonyl (C=O) groups is 1. The van der Waals surface area contributed by atoms with Crippen LogP contribution in [0.4, 0.5) is 5.69 Å². The van der Waals surface area contributed by atoms with Crippen molar-refractivity contribution in [3.8, 4) is 23.1 Å². The Labute approximate surface area is 235 Å². The molecule has 0 aliphatic carbocycles. The molecular formula is C31H27N5O5. The third-order valence-corrected chi connectivity index (χ3v) is 7.19. The number of carbonyl (C=O) groups excluding carboxylic acids is 1. The Morgan fingerprint density at radius 1 is 1.12 bits per heavy atom. The van der Waals surface area contributed by atoms with Crippen LogP contribution in [0.1, 0.15) is 24.3 Å². The summed E-state index contributed by atoms with van der Waals surface area (Å²) >= 11 is 0. The van der Waals surface area contributed by atoms with Crippen LogP contribution in [0.2, 0.25) is 0 Å². The zero-order valence-electron chi connectivity index (χ0n) is 22.7. The van der Waals surface area contributed by atoms with Gasteiger partial charge >= 0.3 is 0 Å². The third-order valence-electron chi connectivity index (χ3n) is 7.19. The molecule has 0 N–H and O–H groups in total. The number of nitrogens with zero attached hydrogens (tertiary/aromatic N) is 5. The second-order valence-corrected chi connectivity index (χ2v) is 9.98. The van der Waals surface area contributed by atoms with E-state index < -0.39 is 5.56 Å². The first-order valence-corrected chi connectivity index (χ1v) is 13.3. The molecule has 1 amide bonds. The van der Waals surface area contributed by atoms with Gasteiger partial charge in [-0.3, -0.25) is 9.59 Å². The minimum Gasteiger partial charge on any atom is -0.490 e. The molecule has 1 aliphatic rings. The predicted octanol–water partition coefficient (Wildman–Crippen LogP) is 4.61. The Kier molecular flexibility index (Phi) is 6.95. The minimum absolute atomic E-state index is 0.00208. The van der Waals surface area contributed by atoms with Crippen LogP contribution in [0.15, 0.2) is 69.9 Å². The van der Waals surface area contributed by atoms with Crippen molar-refractivity contribution in [2.45, 2.75) is 32.4 Å². The van der Waals surface area contributed by atoms with E-state index in [1.54, 1.807) is 62.5 Å². The van der Waals surface area contributed by atoms with Crippen LogP contribution in [-0.4, -0.2) is 47.0 Å². The van der Waals surface area contributed by atoms with Crippen LogP contribution in [0.25, 0.3) is 33.1 Å². The van der Waals surface area contributed by atoms with Crippen molar-refractivity contribution in [1.82, 2.24) is 14.8 Å². The molecule has 0 spiro atoms. The number of aryl methyl sites for hydroxylation is 1. The normalized spacial score (nSPS) is 13.8. The summed E-state index contributed by atoms with van der Waals surface area (Å²) in [7, 11) is 1.63. The topological polar surface area (TPSA) is 123 Å². The van der Waals surface area contributed by atoms with Crippen LogP contribution in [-0.2, 0) is 16.1 Å². The quantitative estimate of drug-likeness (QED) is 0.301. The minimum atomic E-state index is -0.416. The van der Waals surface area contributed by atoms with E-state index in [0.29, 0.717) is 69.2 Å². The molecule has 206 valence electrons. The van der Waals surface area contributed by atoms with E-state index in [-0.39, 0.29) is 18.6 Å². The Morgan fingerprint density at radius 3 is 2.76 bits per heavy atom.